The topological polar surface area (TPSA) is 36.7 Å². The van der Waals surface area contributed by atoms with Gasteiger partial charge in [0.05, 0.1) is 11.4 Å². The Balaban J connectivity index is 1.42. The van der Waals surface area contributed by atoms with E-state index in [1.807, 2.05) is 17.6 Å². The average molecular weight is 376 g/mol. The van der Waals surface area contributed by atoms with Crippen LogP contribution in [0, 0.1) is 0 Å². The van der Waals surface area contributed by atoms with Gasteiger partial charge in [-0.05, 0) is 12.1 Å². The van der Waals surface area contributed by atoms with Crippen molar-refractivity contribution >= 4 is 22.1 Å². The molecule has 5 rings (SSSR count). The molecule has 1 aliphatic rings. The van der Waals surface area contributed by atoms with E-state index < -0.39 is 0 Å². The van der Waals surface area contributed by atoms with Crippen molar-refractivity contribution in [2.45, 2.75) is 6.54 Å². The SMILES string of the molecule is c1ccc(-c2nc3ccccn3c2CN2CCN(c3nccs3)CC2)cc1. The van der Waals surface area contributed by atoms with Crippen LogP contribution < -0.4 is 4.90 Å². The van der Waals surface area contributed by atoms with Gasteiger partial charge in [0, 0.05) is 56.1 Å². The van der Waals surface area contributed by atoms with Crippen LogP contribution in [0.1, 0.15) is 5.69 Å². The number of aromatic nitrogens is 3. The van der Waals surface area contributed by atoms with E-state index in [4.69, 9.17) is 4.98 Å². The predicted octanol–water partition coefficient (Wildman–Crippen LogP) is 3.78. The summed E-state index contributed by atoms with van der Waals surface area (Å²) >= 11 is 1.72. The number of hydrogen-bond acceptors (Lipinski definition) is 5. The standard InChI is InChI=1S/C21H21N5S/c1-2-6-17(7-3-1)20-18(26-10-5-4-8-19(26)23-20)16-24-11-13-25(14-12-24)21-22-9-15-27-21/h1-10,15H,11-14,16H2. The Hall–Kier alpha value is -2.70. The van der Waals surface area contributed by atoms with Crippen molar-refractivity contribution in [2.24, 2.45) is 0 Å². The van der Waals surface area contributed by atoms with Crippen molar-refractivity contribution in [3.63, 3.8) is 0 Å². The van der Waals surface area contributed by atoms with E-state index in [1.54, 1.807) is 11.3 Å². The van der Waals surface area contributed by atoms with Gasteiger partial charge in [-0.2, -0.15) is 0 Å². The number of piperazine rings is 1. The summed E-state index contributed by atoms with van der Waals surface area (Å²) in [5.74, 6) is 0. The van der Waals surface area contributed by atoms with Crippen LogP contribution in [0.25, 0.3) is 16.9 Å². The van der Waals surface area contributed by atoms with Crippen molar-refractivity contribution < 1.29 is 0 Å². The second kappa shape index (κ2) is 7.13. The highest BCUT2D eigenvalue weighted by Crippen LogP contribution is 2.26. The van der Waals surface area contributed by atoms with E-state index in [0.29, 0.717) is 0 Å². The Bertz CT molecular complexity index is 1020. The van der Waals surface area contributed by atoms with Crippen LogP contribution in [0.5, 0.6) is 0 Å². The number of fused-ring (bicyclic) bond motifs is 1. The zero-order valence-corrected chi connectivity index (χ0v) is 15.8. The minimum absolute atomic E-state index is 0.904. The van der Waals surface area contributed by atoms with Gasteiger partial charge >= 0.3 is 0 Å². The maximum absolute atomic E-state index is 4.92. The molecule has 1 aromatic carbocycles. The van der Waals surface area contributed by atoms with Gasteiger partial charge in [0.2, 0.25) is 0 Å². The van der Waals surface area contributed by atoms with E-state index in [1.165, 1.54) is 11.3 Å². The van der Waals surface area contributed by atoms with Crippen molar-refractivity contribution in [3.05, 3.63) is 72.0 Å². The highest BCUT2D eigenvalue weighted by molar-refractivity contribution is 7.13. The molecule has 0 N–H and O–H groups in total. The first-order valence-corrected chi connectivity index (χ1v) is 10.1. The van der Waals surface area contributed by atoms with Crippen LogP contribution in [0.2, 0.25) is 0 Å². The Morgan fingerprint density at radius 2 is 1.74 bits per heavy atom. The van der Waals surface area contributed by atoms with Crippen molar-refractivity contribution in [2.75, 3.05) is 31.1 Å². The van der Waals surface area contributed by atoms with Gasteiger partial charge in [-0.1, -0.05) is 36.4 Å². The third-order valence-electron chi connectivity index (χ3n) is 5.11. The molecule has 4 aromatic rings. The fourth-order valence-corrected chi connectivity index (χ4v) is 4.40. The lowest BCUT2D eigenvalue weighted by Gasteiger charge is -2.34. The number of rotatable bonds is 4. The second-order valence-electron chi connectivity index (χ2n) is 6.78. The van der Waals surface area contributed by atoms with Crippen LogP contribution in [0.3, 0.4) is 0 Å². The summed E-state index contributed by atoms with van der Waals surface area (Å²) < 4.78 is 2.23. The van der Waals surface area contributed by atoms with E-state index in [-0.39, 0.29) is 0 Å². The largest absolute Gasteiger partial charge is 0.346 e. The summed E-state index contributed by atoms with van der Waals surface area (Å²) in [6, 6.07) is 16.7. The van der Waals surface area contributed by atoms with Gasteiger partial charge < -0.3 is 9.30 Å². The monoisotopic (exact) mass is 375 g/mol. The fraction of sp³-hybridized carbons (Fsp3) is 0.238. The summed E-state index contributed by atoms with van der Waals surface area (Å²) in [5, 5.41) is 3.18. The molecule has 0 unspecified atom stereocenters. The van der Waals surface area contributed by atoms with E-state index in [0.717, 1.165) is 49.2 Å². The van der Waals surface area contributed by atoms with Crippen molar-refractivity contribution in [1.29, 1.82) is 0 Å². The first-order valence-electron chi connectivity index (χ1n) is 9.27. The third-order valence-corrected chi connectivity index (χ3v) is 5.94. The minimum Gasteiger partial charge on any atom is -0.346 e. The van der Waals surface area contributed by atoms with Gasteiger partial charge in [-0.3, -0.25) is 4.90 Å². The Labute approximate surface area is 162 Å². The third kappa shape index (κ3) is 3.22. The molecule has 0 atom stereocenters. The number of imidazole rings is 1. The quantitative estimate of drug-likeness (QED) is 0.544. The van der Waals surface area contributed by atoms with Crippen LogP contribution >= 0.6 is 11.3 Å². The zero-order chi connectivity index (χ0) is 18.1. The lowest BCUT2D eigenvalue weighted by atomic mass is 10.1. The molecule has 6 heteroatoms. The lowest BCUT2D eigenvalue weighted by molar-refractivity contribution is 0.247. The maximum atomic E-state index is 4.92. The van der Waals surface area contributed by atoms with E-state index in [2.05, 4.69) is 67.8 Å². The van der Waals surface area contributed by atoms with Crippen LogP contribution in [0.4, 0.5) is 5.13 Å². The van der Waals surface area contributed by atoms with Gasteiger partial charge in [0.1, 0.15) is 5.65 Å². The normalized spacial score (nSPS) is 15.5. The summed E-state index contributed by atoms with van der Waals surface area (Å²) in [6.07, 6.45) is 4.01. The molecule has 1 aliphatic heterocycles. The molecule has 0 aliphatic carbocycles. The summed E-state index contributed by atoms with van der Waals surface area (Å²) in [5.41, 5.74) is 4.54. The van der Waals surface area contributed by atoms with E-state index >= 15 is 0 Å². The molecule has 27 heavy (non-hydrogen) atoms. The Morgan fingerprint density at radius 1 is 0.926 bits per heavy atom. The first-order chi connectivity index (χ1) is 13.4. The van der Waals surface area contributed by atoms with Crippen molar-refractivity contribution in [3.8, 4) is 11.3 Å². The summed E-state index contributed by atoms with van der Waals surface area (Å²) in [7, 11) is 0. The van der Waals surface area contributed by atoms with E-state index in [9.17, 15) is 0 Å². The van der Waals surface area contributed by atoms with Crippen molar-refractivity contribution in [1.82, 2.24) is 19.3 Å². The Morgan fingerprint density at radius 3 is 2.52 bits per heavy atom. The molecule has 1 fully saturated rings. The summed E-state index contributed by atoms with van der Waals surface area (Å²) in [4.78, 5) is 14.3. The molecule has 1 saturated heterocycles. The number of benzene rings is 1. The predicted molar refractivity (Wildman–Crippen MR) is 110 cm³/mol. The van der Waals surface area contributed by atoms with Crippen LogP contribution in [0.15, 0.2) is 66.3 Å². The van der Waals surface area contributed by atoms with Gasteiger partial charge in [-0.25, -0.2) is 9.97 Å². The molecular formula is C21H21N5S. The Kier molecular flexibility index (Phi) is 4.35. The summed E-state index contributed by atoms with van der Waals surface area (Å²) in [6.45, 7) is 5.01. The number of nitrogens with zero attached hydrogens (tertiary/aromatic N) is 5. The zero-order valence-electron chi connectivity index (χ0n) is 15.0. The molecule has 0 saturated carbocycles. The fourth-order valence-electron chi connectivity index (χ4n) is 3.71. The maximum Gasteiger partial charge on any atom is 0.185 e. The molecule has 0 radical (unpaired) electrons. The minimum atomic E-state index is 0.904. The van der Waals surface area contributed by atoms with Gasteiger partial charge in [0.25, 0.3) is 0 Å². The highest BCUT2D eigenvalue weighted by Gasteiger charge is 2.22. The molecule has 5 nitrogen and oxygen atoms in total. The first kappa shape index (κ1) is 16.5. The number of anilines is 1. The number of hydrogen-bond donors (Lipinski definition) is 0. The van der Waals surface area contributed by atoms with Gasteiger partial charge in [0.15, 0.2) is 5.13 Å². The molecule has 0 bridgehead atoms. The lowest BCUT2D eigenvalue weighted by Crippen LogP contribution is -2.46. The molecular weight excluding hydrogens is 354 g/mol. The molecule has 136 valence electrons. The molecule has 3 aromatic heterocycles. The molecule has 0 spiro atoms. The average Bonchev–Trinajstić information content (AvgIpc) is 3.38. The number of thiazole rings is 1. The van der Waals surface area contributed by atoms with Crippen LogP contribution in [-0.2, 0) is 6.54 Å². The molecule has 0 amide bonds. The highest BCUT2D eigenvalue weighted by atomic mass is 32.1. The van der Waals surface area contributed by atoms with Crippen LogP contribution in [-0.4, -0.2) is 45.4 Å². The second-order valence-corrected chi connectivity index (χ2v) is 7.65. The smallest absolute Gasteiger partial charge is 0.185 e. The van der Waals surface area contributed by atoms with Gasteiger partial charge in [-0.15, -0.1) is 11.3 Å². The number of pyridine rings is 1. The molecule has 4 heterocycles.